The number of halogens is 1. The van der Waals surface area contributed by atoms with E-state index in [1.807, 2.05) is 23.1 Å². The molecule has 2 rings (SSSR count). The molecule has 138 valence electrons. The predicted octanol–water partition coefficient (Wildman–Crippen LogP) is 1.02. The molecule has 1 aromatic rings. The van der Waals surface area contributed by atoms with Crippen molar-refractivity contribution in [1.29, 1.82) is 0 Å². The van der Waals surface area contributed by atoms with Crippen LogP contribution in [0.25, 0.3) is 0 Å². The van der Waals surface area contributed by atoms with Gasteiger partial charge < -0.3 is 15.4 Å². The van der Waals surface area contributed by atoms with Crippen LogP contribution in [0.2, 0.25) is 0 Å². The largest absolute Gasteiger partial charge is 0.379 e. The van der Waals surface area contributed by atoms with Crippen molar-refractivity contribution in [2.75, 3.05) is 52.5 Å². The second-order valence-electron chi connectivity index (χ2n) is 5.93. The predicted molar refractivity (Wildman–Crippen MR) is 108 cm³/mol. The first-order valence-corrected chi connectivity index (χ1v) is 8.57. The zero-order chi connectivity index (χ0) is 16.3. The summed E-state index contributed by atoms with van der Waals surface area (Å²) in [6.45, 7) is 12.5. The summed E-state index contributed by atoms with van der Waals surface area (Å²) in [6.07, 6.45) is 3.80. The molecule has 1 saturated heterocycles. The fourth-order valence-corrected chi connectivity index (χ4v) is 2.53. The van der Waals surface area contributed by atoms with Crippen molar-refractivity contribution in [3.05, 3.63) is 18.5 Å². The maximum absolute atomic E-state index is 5.37. The maximum atomic E-state index is 5.37. The van der Waals surface area contributed by atoms with Crippen LogP contribution in [0.15, 0.2) is 23.5 Å². The molecule has 0 saturated carbocycles. The second kappa shape index (κ2) is 12.5. The van der Waals surface area contributed by atoms with Gasteiger partial charge in [0.1, 0.15) is 0 Å². The Kier molecular flexibility index (Phi) is 11.0. The molecule has 0 aromatic carbocycles. The van der Waals surface area contributed by atoms with Crippen LogP contribution in [0.3, 0.4) is 0 Å². The molecule has 0 spiro atoms. The number of aromatic nitrogens is 2. The summed E-state index contributed by atoms with van der Waals surface area (Å²) in [7, 11) is 0. The lowest BCUT2D eigenvalue weighted by Crippen LogP contribution is -2.44. The van der Waals surface area contributed by atoms with Crippen molar-refractivity contribution in [3.63, 3.8) is 0 Å². The van der Waals surface area contributed by atoms with Crippen LogP contribution in [0.5, 0.6) is 0 Å². The zero-order valence-corrected chi connectivity index (χ0v) is 17.1. The number of rotatable bonds is 8. The summed E-state index contributed by atoms with van der Waals surface area (Å²) < 4.78 is 7.33. The van der Waals surface area contributed by atoms with Crippen molar-refractivity contribution in [1.82, 2.24) is 25.3 Å². The Morgan fingerprint density at radius 1 is 1.33 bits per heavy atom. The van der Waals surface area contributed by atoms with E-state index in [0.29, 0.717) is 5.92 Å². The van der Waals surface area contributed by atoms with E-state index in [1.54, 1.807) is 0 Å². The summed E-state index contributed by atoms with van der Waals surface area (Å²) >= 11 is 0. The van der Waals surface area contributed by atoms with Crippen LogP contribution in [-0.2, 0) is 11.3 Å². The molecule has 1 aliphatic heterocycles. The number of nitrogens with zero attached hydrogens (tertiary/aromatic N) is 4. The van der Waals surface area contributed by atoms with Gasteiger partial charge in [-0.2, -0.15) is 5.10 Å². The van der Waals surface area contributed by atoms with Crippen molar-refractivity contribution in [2.45, 2.75) is 20.4 Å². The molecule has 1 unspecified atom stereocenters. The van der Waals surface area contributed by atoms with Gasteiger partial charge in [-0.15, -0.1) is 24.0 Å². The molecule has 7 nitrogen and oxygen atoms in total. The maximum Gasteiger partial charge on any atom is 0.191 e. The summed E-state index contributed by atoms with van der Waals surface area (Å²) in [4.78, 5) is 7.10. The Morgan fingerprint density at radius 2 is 2.12 bits per heavy atom. The quantitative estimate of drug-likeness (QED) is 0.352. The fourth-order valence-electron chi connectivity index (χ4n) is 2.53. The summed E-state index contributed by atoms with van der Waals surface area (Å²) in [5, 5.41) is 11.0. The lowest BCUT2D eigenvalue weighted by atomic mass is 10.2. The normalized spacial score (nSPS) is 17.2. The Bertz CT molecular complexity index is 447. The van der Waals surface area contributed by atoms with E-state index < -0.39 is 0 Å². The van der Waals surface area contributed by atoms with E-state index in [4.69, 9.17) is 4.74 Å². The summed E-state index contributed by atoms with van der Waals surface area (Å²) in [5.41, 5.74) is 0. The molecule has 2 heterocycles. The van der Waals surface area contributed by atoms with Gasteiger partial charge in [-0.3, -0.25) is 14.6 Å². The third-order valence-electron chi connectivity index (χ3n) is 3.79. The Morgan fingerprint density at radius 3 is 2.79 bits per heavy atom. The minimum absolute atomic E-state index is 0. The number of morpholine rings is 1. The number of guanidine groups is 1. The van der Waals surface area contributed by atoms with Gasteiger partial charge in [0.05, 0.1) is 13.2 Å². The first-order chi connectivity index (χ1) is 11.3. The highest BCUT2D eigenvalue weighted by Gasteiger charge is 2.10. The molecule has 0 bridgehead atoms. The van der Waals surface area contributed by atoms with Gasteiger partial charge in [0.2, 0.25) is 0 Å². The lowest BCUT2D eigenvalue weighted by Gasteiger charge is -2.26. The lowest BCUT2D eigenvalue weighted by molar-refractivity contribution is 0.0389. The van der Waals surface area contributed by atoms with Crippen molar-refractivity contribution >= 4 is 29.9 Å². The van der Waals surface area contributed by atoms with Gasteiger partial charge in [-0.1, -0.05) is 6.92 Å². The van der Waals surface area contributed by atoms with Crippen molar-refractivity contribution < 1.29 is 4.74 Å². The van der Waals surface area contributed by atoms with Crippen molar-refractivity contribution in [2.24, 2.45) is 10.9 Å². The van der Waals surface area contributed by atoms with Gasteiger partial charge in [0.15, 0.2) is 5.96 Å². The molecule has 1 fully saturated rings. The number of hydrogen-bond donors (Lipinski definition) is 2. The molecule has 0 radical (unpaired) electrons. The topological polar surface area (TPSA) is 66.7 Å². The number of hydrogen-bond acceptors (Lipinski definition) is 4. The Balaban J connectivity index is 0.00000288. The molecular formula is C16H31IN6O. The highest BCUT2D eigenvalue weighted by atomic mass is 127. The zero-order valence-electron chi connectivity index (χ0n) is 14.8. The standard InChI is InChI=1S/C16H30N6O.HI/c1-3-17-16(18-6-8-21-9-11-23-12-10-21)19-13-15(2)14-22-7-4-5-20-22;/h4-5,7,15H,3,6,8-14H2,1-2H3,(H2,17,18,19);1H. The second-order valence-corrected chi connectivity index (χ2v) is 5.93. The molecule has 1 aromatic heterocycles. The van der Waals surface area contributed by atoms with Gasteiger partial charge in [0.25, 0.3) is 0 Å². The smallest absolute Gasteiger partial charge is 0.191 e. The van der Waals surface area contributed by atoms with Gasteiger partial charge in [0, 0.05) is 58.2 Å². The van der Waals surface area contributed by atoms with E-state index >= 15 is 0 Å². The molecule has 0 amide bonds. The monoisotopic (exact) mass is 450 g/mol. The highest BCUT2D eigenvalue weighted by Crippen LogP contribution is 2.00. The first-order valence-electron chi connectivity index (χ1n) is 8.57. The van der Waals surface area contributed by atoms with Gasteiger partial charge >= 0.3 is 0 Å². The molecule has 1 aliphatic rings. The summed E-state index contributed by atoms with van der Waals surface area (Å²) in [5.74, 6) is 1.35. The first kappa shape index (κ1) is 21.2. The van der Waals surface area contributed by atoms with E-state index in [-0.39, 0.29) is 24.0 Å². The molecular weight excluding hydrogens is 419 g/mol. The van der Waals surface area contributed by atoms with E-state index in [0.717, 1.165) is 65.0 Å². The number of nitrogens with one attached hydrogen (secondary N) is 2. The molecule has 0 aliphatic carbocycles. The highest BCUT2D eigenvalue weighted by molar-refractivity contribution is 14.0. The average Bonchev–Trinajstić information content (AvgIpc) is 3.06. The minimum atomic E-state index is 0. The number of ether oxygens (including phenoxy) is 1. The van der Waals surface area contributed by atoms with Crippen LogP contribution < -0.4 is 10.6 Å². The fraction of sp³-hybridized carbons (Fsp3) is 0.750. The van der Waals surface area contributed by atoms with Gasteiger partial charge in [-0.25, -0.2) is 0 Å². The number of aliphatic imine (C=N–C) groups is 1. The van der Waals surface area contributed by atoms with Crippen molar-refractivity contribution in [3.8, 4) is 0 Å². The molecule has 1 atom stereocenters. The van der Waals surface area contributed by atoms with Crippen LogP contribution in [0, 0.1) is 5.92 Å². The van der Waals surface area contributed by atoms with E-state index in [1.165, 1.54) is 0 Å². The molecule has 2 N–H and O–H groups in total. The third-order valence-corrected chi connectivity index (χ3v) is 3.79. The van der Waals surface area contributed by atoms with Crippen LogP contribution in [-0.4, -0.2) is 73.1 Å². The summed E-state index contributed by atoms with van der Waals surface area (Å²) in [6, 6.07) is 1.95. The third kappa shape index (κ3) is 8.29. The molecule has 8 heteroatoms. The minimum Gasteiger partial charge on any atom is -0.379 e. The van der Waals surface area contributed by atoms with E-state index in [9.17, 15) is 0 Å². The van der Waals surface area contributed by atoms with Crippen LogP contribution in [0.1, 0.15) is 13.8 Å². The van der Waals surface area contributed by atoms with E-state index in [2.05, 4.69) is 39.5 Å². The average molecular weight is 450 g/mol. The Hall–Kier alpha value is -0.870. The van der Waals surface area contributed by atoms with Crippen LogP contribution in [0.4, 0.5) is 0 Å². The molecule has 24 heavy (non-hydrogen) atoms. The Labute approximate surface area is 162 Å². The van der Waals surface area contributed by atoms with Gasteiger partial charge in [-0.05, 0) is 18.9 Å². The SMILES string of the molecule is CCNC(=NCC(C)Cn1cccn1)NCCN1CCOCC1.I. The van der Waals surface area contributed by atoms with Crippen LogP contribution >= 0.6 is 24.0 Å².